The lowest BCUT2D eigenvalue weighted by atomic mass is 10.1. The van der Waals surface area contributed by atoms with Gasteiger partial charge in [0.25, 0.3) is 0 Å². The van der Waals surface area contributed by atoms with E-state index in [0.717, 1.165) is 6.04 Å². The molecular weight excluding hydrogens is 509 g/mol. The molecule has 0 saturated carbocycles. The summed E-state index contributed by atoms with van der Waals surface area (Å²) in [5.74, 6) is 0.490. The van der Waals surface area contributed by atoms with Crippen LogP contribution in [0.15, 0.2) is 12.1 Å². The molecule has 0 aliphatic carbocycles. The largest absolute Gasteiger partial charge is 0.467 e. The van der Waals surface area contributed by atoms with Gasteiger partial charge in [-0.05, 0) is 36.3 Å². The summed E-state index contributed by atoms with van der Waals surface area (Å²) in [6, 6.07) is 4.53. The van der Waals surface area contributed by atoms with Crippen LogP contribution in [-0.4, -0.2) is 66.9 Å². The maximum atomic E-state index is 12.5. The molecule has 1 aromatic carbocycles. The lowest BCUT2D eigenvalue weighted by Crippen LogP contribution is -2.47. The smallest absolute Gasteiger partial charge is 0.248 e. The van der Waals surface area contributed by atoms with Crippen molar-refractivity contribution in [2.75, 3.05) is 39.7 Å². The Hall–Kier alpha value is -0.616. The van der Waals surface area contributed by atoms with Crippen molar-refractivity contribution >= 4 is 45.5 Å². The van der Waals surface area contributed by atoms with Gasteiger partial charge in [0.1, 0.15) is 18.5 Å². The standard InChI is InChI=1S/C24H41Cl2NO5Si2/c1-24(2,3)34(7,8)32-12-11-27-15-20(30-16-21(27)28)22-19(10-9-18(25)23(22)26)31-17-29-13-14-33(4,5)6/h9-10,20H,11-17H2,1-8H3. The first kappa shape index (κ1) is 29.6. The predicted molar refractivity (Wildman–Crippen MR) is 144 cm³/mol. The summed E-state index contributed by atoms with van der Waals surface area (Å²) in [4.78, 5) is 14.3. The summed E-state index contributed by atoms with van der Waals surface area (Å²) in [6.45, 7) is 20.0. The number of ether oxygens (including phenoxy) is 3. The number of halogens is 2. The lowest BCUT2D eigenvalue weighted by Gasteiger charge is -2.38. The summed E-state index contributed by atoms with van der Waals surface area (Å²) in [5.41, 5.74) is 0.644. The number of nitrogens with zero attached hydrogens (tertiary/aromatic N) is 1. The molecule has 1 aromatic rings. The molecule has 1 aliphatic rings. The van der Waals surface area contributed by atoms with Crippen molar-refractivity contribution < 1.29 is 23.4 Å². The van der Waals surface area contributed by atoms with Gasteiger partial charge in [-0.1, -0.05) is 63.6 Å². The molecule has 6 nitrogen and oxygen atoms in total. The van der Waals surface area contributed by atoms with Gasteiger partial charge >= 0.3 is 0 Å². The number of benzene rings is 1. The summed E-state index contributed by atoms with van der Waals surface area (Å²) >= 11 is 12.9. The number of rotatable bonds is 11. The summed E-state index contributed by atoms with van der Waals surface area (Å²) in [5, 5.41) is 0.900. The molecule has 10 heteroatoms. The average Bonchev–Trinajstić information content (AvgIpc) is 2.70. The third-order valence-electron chi connectivity index (χ3n) is 6.49. The van der Waals surface area contributed by atoms with E-state index in [1.165, 1.54) is 0 Å². The van der Waals surface area contributed by atoms with E-state index < -0.39 is 22.5 Å². The molecule has 34 heavy (non-hydrogen) atoms. The van der Waals surface area contributed by atoms with Crippen molar-refractivity contribution in [3.05, 3.63) is 27.7 Å². The molecular formula is C24H41Cl2NO5Si2. The van der Waals surface area contributed by atoms with Gasteiger partial charge in [-0.15, -0.1) is 0 Å². The second-order valence-corrected chi connectivity index (χ2v) is 22.7. The fourth-order valence-corrected chi connectivity index (χ4v) is 5.39. The van der Waals surface area contributed by atoms with Gasteiger partial charge < -0.3 is 23.5 Å². The van der Waals surface area contributed by atoms with Crippen molar-refractivity contribution in [1.82, 2.24) is 4.90 Å². The van der Waals surface area contributed by atoms with Gasteiger partial charge in [0.2, 0.25) is 5.91 Å². The summed E-state index contributed by atoms with van der Waals surface area (Å²) in [7, 11) is -3.06. The van der Waals surface area contributed by atoms with Crippen molar-refractivity contribution in [3.63, 3.8) is 0 Å². The van der Waals surface area contributed by atoms with Crippen LogP contribution in [-0.2, 0) is 18.7 Å². The van der Waals surface area contributed by atoms with Gasteiger partial charge in [-0.25, -0.2) is 0 Å². The molecule has 0 spiro atoms. The highest BCUT2D eigenvalue weighted by Crippen LogP contribution is 2.40. The molecule has 1 fully saturated rings. The maximum Gasteiger partial charge on any atom is 0.248 e. The zero-order valence-electron chi connectivity index (χ0n) is 21.9. The molecule has 1 aliphatic heterocycles. The number of hydrogen-bond donors (Lipinski definition) is 0. The minimum atomic E-state index is -1.89. The zero-order chi connectivity index (χ0) is 25.7. The van der Waals surface area contributed by atoms with Gasteiger partial charge in [-0.2, -0.15) is 0 Å². The molecule has 1 heterocycles. The highest BCUT2D eigenvalue weighted by atomic mass is 35.5. The molecule has 0 aromatic heterocycles. The number of morpholine rings is 1. The number of amides is 1. The van der Waals surface area contributed by atoms with Gasteiger partial charge in [-0.3, -0.25) is 4.79 Å². The first-order valence-corrected chi connectivity index (χ1v) is 19.2. The van der Waals surface area contributed by atoms with E-state index in [0.29, 0.717) is 47.7 Å². The Balaban J connectivity index is 2.06. The van der Waals surface area contributed by atoms with Crippen LogP contribution in [0.25, 0.3) is 0 Å². The van der Waals surface area contributed by atoms with Crippen LogP contribution in [0, 0.1) is 0 Å². The number of carbonyl (C=O) groups excluding carboxylic acids is 1. The number of hydrogen-bond acceptors (Lipinski definition) is 5. The van der Waals surface area contributed by atoms with E-state index >= 15 is 0 Å². The molecule has 0 radical (unpaired) electrons. The molecule has 2 rings (SSSR count). The van der Waals surface area contributed by atoms with Crippen LogP contribution in [0.4, 0.5) is 0 Å². The third kappa shape index (κ3) is 8.50. The predicted octanol–water partition coefficient (Wildman–Crippen LogP) is 6.61. The van der Waals surface area contributed by atoms with Crippen LogP contribution in [0.3, 0.4) is 0 Å². The first-order chi connectivity index (χ1) is 15.6. The van der Waals surface area contributed by atoms with E-state index in [4.69, 9.17) is 41.8 Å². The quantitative estimate of drug-likeness (QED) is 0.176. The normalized spacial score (nSPS) is 17.9. The molecule has 1 saturated heterocycles. The molecule has 1 amide bonds. The van der Waals surface area contributed by atoms with Crippen LogP contribution < -0.4 is 4.74 Å². The van der Waals surface area contributed by atoms with Crippen molar-refractivity contribution in [2.45, 2.75) is 70.7 Å². The van der Waals surface area contributed by atoms with Crippen molar-refractivity contribution in [2.24, 2.45) is 0 Å². The second-order valence-electron chi connectivity index (χ2n) is 11.5. The van der Waals surface area contributed by atoms with Crippen molar-refractivity contribution in [1.29, 1.82) is 0 Å². The topological polar surface area (TPSA) is 57.2 Å². The number of carbonyl (C=O) groups is 1. The van der Waals surface area contributed by atoms with Gasteiger partial charge in [0.15, 0.2) is 15.1 Å². The first-order valence-electron chi connectivity index (χ1n) is 11.8. The Bertz CT molecular complexity index is 840. The lowest BCUT2D eigenvalue weighted by molar-refractivity contribution is -0.149. The zero-order valence-corrected chi connectivity index (χ0v) is 25.4. The molecule has 1 unspecified atom stereocenters. The highest BCUT2D eigenvalue weighted by Gasteiger charge is 2.38. The SMILES string of the molecule is CC(C)(C)[Si](C)(C)OCCN1CC(c2c(OCOCC[Si](C)(C)C)ccc(Cl)c2Cl)OCC1=O. The van der Waals surface area contributed by atoms with Crippen LogP contribution in [0.5, 0.6) is 5.75 Å². The van der Waals surface area contributed by atoms with Gasteiger partial charge in [0.05, 0.1) is 23.2 Å². The van der Waals surface area contributed by atoms with E-state index in [1.54, 1.807) is 17.0 Å². The Kier molecular flexibility index (Phi) is 10.5. The second kappa shape index (κ2) is 12.1. The molecule has 0 N–H and O–H groups in total. The van der Waals surface area contributed by atoms with Gasteiger partial charge in [0, 0.05) is 26.8 Å². The summed E-state index contributed by atoms with van der Waals surface area (Å²) < 4.78 is 23.8. The monoisotopic (exact) mass is 549 g/mol. The molecule has 1 atom stereocenters. The Morgan fingerprint density at radius 1 is 1.12 bits per heavy atom. The minimum Gasteiger partial charge on any atom is -0.467 e. The van der Waals surface area contributed by atoms with Crippen LogP contribution in [0.2, 0.25) is 53.9 Å². The van der Waals surface area contributed by atoms with E-state index in [-0.39, 0.29) is 24.3 Å². The molecule has 194 valence electrons. The average molecular weight is 551 g/mol. The third-order valence-corrected chi connectivity index (χ3v) is 13.5. The van der Waals surface area contributed by atoms with E-state index in [2.05, 4.69) is 53.5 Å². The highest BCUT2D eigenvalue weighted by molar-refractivity contribution is 6.76. The Morgan fingerprint density at radius 2 is 1.79 bits per heavy atom. The Labute approximate surface area is 217 Å². The fourth-order valence-electron chi connectivity index (χ4n) is 3.15. The fraction of sp³-hybridized carbons (Fsp3) is 0.708. The van der Waals surface area contributed by atoms with E-state index in [9.17, 15) is 4.79 Å². The maximum absolute atomic E-state index is 12.5. The van der Waals surface area contributed by atoms with Crippen LogP contribution >= 0.6 is 23.2 Å². The molecule has 0 bridgehead atoms. The summed E-state index contributed by atoms with van der Waals surface area (Å²) in [6.07, 6.45) is -0.450. The minimum absolute atomic E-state index is 0.0280. The van der Waals surface area contributed by atoms with Crippen LogP contribution in [0.1, 0.15) is 32.4 Å². The van der Waals surface area contributed by atoms with Crippen molar-refractivity contribution in [3.8, 4) is 5.75 Å². The Morgan fingerprint density at radius 3 is 2.41 bits per heavy atom. The van der Waals surface area contributed by atoms with E-state index in [1.807, 2.05) is 0 Å².